The van der Waals surface area contributed by atoms with Crippen molar-refractivity contribution >= 4 is 35.2 Å². The molecule has 0 radical (unpaired) electrons. The number of nitrogens with one attached hydrogen (secondary N) is 1. The maximum atomic E-state index is 10.9. The smallest absolute Gasteiger partial charge is 0.243 e. The Morgan fingerprint density at radius 1 is 0.786 bits per heavy atom. The van der Waals surface area contributed by atoms with E-state index in [9.17, 15) is 9.59 Å². The van der Waals surface area contributed by atoms with E-state index in [-0.39, 0.29) is 23.6 Å². The predicted octanol–water partition coefficient (Wildman–Crippen LogP) is 5.85. The predicted molar refractivity (Wildman–Crippen MR) is 120 cm³/mol. The minimum Gasteiger partial charge on any atom is -0.308 e. The summed E-state index contributed by atoms with van der Waals surface area (Å²) >= 11 is 5.18. The van der Waals surface area contributed by atoms with Gasteiger partial charge in [0.25, 0.3) is 0 Å². The lowest BCUT2D eigenvalue weighted by molar-refractivity contribution is -0.131. The molecule has 0 rings (SSSR count). The highest BCUT2D eigenvalue weighted by Gasteiger charge is 1.98. The van der Waals surface area contributed by atoms with Gasteiger partial charge in [0, 0.05) is 12.8 Å². The zero-order chi connectivity index (χ0) is 21.2. The van der Waals surface area contributed by atoms with Crippen molar-refractivity contribution in [1.82, 2.24) is 5.48 Å². The molecule has 0 bridgehead atoms. The third kappa shape index (κ3) is 44.8. The van der Waals surface area contributed by atoms with E-state index in [0.29, 0.717) is 12.8 Å². The minimum atomic E-state index is -0.194. The second-order valence-electron chi connectivity index (χ2n) is 6.36. The van der Waals surface area contributed by atoms with Crippen LogP contribution in [0.2, 0.25) is 0 Å². The molecule has 8 heteroatoms. The summed E-state index contributed by atoms with van der Waals surface area (Å²) in [6.07, 6.45) is 15.6. The van der Waals surface area contributed by atoms with Gasteiger partial charge in [-0.25, -0.2) is 11.4 Å². The van der Waals surface area contributed by atoms with Crippen molar-refractivity contribution in [1.29, 1.82) is 0 Å². The van der Waals surface area contributed by atoms with Crippen LogP contribution >= 0.6 is 24.0 Å². The SMILES string of the molecule is CCCCCCCCC(=O)Cl.CCCCCCCCC(=O)NOC.CON.Cl. The molecule has 0 aliphatic rings. The topological polar surface area (TPSA) is 90.7 Å². The molecule has 6 nitrogen and oxygen atoms in total. The van der Waals surface area contributed by atoms with Crippen molar-refractivity contribution < 1.29 is 19.3 Å². The van der Waals surface area contributed by atoms with E-state index >= 15 is 0 Å². The first kappa shape index (κ1) is 35.1. The molecule has 0 aliphatic heterocycles. The first-order valence-electron chi connectivity index (χ1n) is 10.2. The van der Waals surface area contributed by atoms with Crippen LogP contribution in [-0.4, -0.2) is 25.4 Å². The molecule has 172 valence electrons. The molecule has 1 amide bonds. The molecule has 0 atom stereocenters. The Morgan fingerprint density at radius 3 is 1.50 bits per heavy atom. The summed E-state index contributed by atoms with van der Waals surface area (Å²) in [6.45, 7) is 4.40. The van der Waals surface area contributed by atoms with Crippen LogP contribution in [0.5, 0.6) is 0 Å². The quantitative estimate of drug-likeness (QED) is 0.187. The number of amides is 1. The molecule has 0 saturated heterocycles. The molecular weight excluding hydrogens is 403 g/mol. The number of halogens is 2. The number of hydrogen-bond acceptors (Lipinski definition) is 5. The van der Waals surface area contributed by atoms with Crippen LogP contribution < -0.4 is 11.4 Å². The van der Waals surface area contributed by atoms with Crippen molar-refractivity contribution in [3.05, 3.63) is 0 Å². The number of unbranched alkanes of at least 4 members (excludes halogenated alkanes) is 10. The molecule has 0 aromatic heterocycles. The van der Waals surface area contributed by atoms with Gasteiger partial charge in [0.15, 0.2) is 0 Å². The zero-order valence-electron chi connectivity index (χ0n) is 18.4. The van der Waals surface area contributed by atoms with Crippen molar-refractivity contribution in [2.45, 2.75) is 104 Å². The number of hydrogen-bond donors (Lipinski definition) is 2. The molecule has 0 aromatic carbocycles. The first-order valence-corrected chi connectivity index (χ1v) is 10.6. The standard InChI is InChI=1S/C10H21NO2.C9H17ClO.CH5NO.ClH/c1-3-4-5-6-7-8-9-10(12)11-13-2;1-2-3-4-5-6-7-8-9(10)11;1-3-2;/h3-9H2,1-2H3,(H,11,12);2-8H2,1H3;2H2,1H3;1H. The van der Waals surface area contributed by atoms with Gasteiger partial charge in [-0.05, 0) is 24.4 Å². The molecule has 0 fully saturated rings. The van der Waals surface area contributed by atoms with Crippen LogP contribution in [0.4, 0.5) is 0 Å². The van der Waals surface area contributed by atoms with Crippen LogP contribution in [0.1, 0.15) is 104 Å². The van der Waals surface area contributed by atoms with Crippen LogP contribution in [0, 0.1) is 0 Å². The second kappa shape index (κ2) is 34.1. The van der Waals surface area contributed by atoms with Gasteiger partial charge in [0.1, 0.15) is 0 Å². The highest BCUT2D eigenvalue weighted by atomic mass is 35.5. The minimum absolute atomic E-state index is 0. The largest absolute Gasteiger partial charge is 0.308 e. The highest BCUT2D eigenvalue weighted by molar-refractivity contribution is 6.63. The van der Waals surface area contributed by atoms with E-state index in [0.717, 1.165) is 25.7 Å². The molecule has 0 aromatic rings. The third-order valence-electron chi connectivity index (χ3n) is 3.70. The Labute approximate surface area is 183 Å². The van der Waals surface area contributed by atoms with Gasteiger partial charge >= 0.3 is 0 Å². The van der Waals surface area contributed by atoms with Gasteiger partial charge in [-0.3, -0.25) is 14.4 Å². The van der Waals surface area contributed by atoms with Crippen LogP contribution in [-0.2, 0) is 19.3 Å². The normalized spacial score (nSPS) is 9.21. The Morgan fingerprint density at radius 2 is 1.14 bits per heavy atom. The molecule has 0 saturated carbocycles. The molecule has 0 unspecified atom stereocenters. The van der Waals surface area contributed by atoms with Crippen molar-refractivity contribution in [3.63, 3.8) is 0 Å². The number of hydroxylamine groups is 1. The second-order valence-corrected chi connectivity index (χ2v) is 6.78. The van der Waals surface area contributed by atoms with Gasteiger partial charge in [-0.2, -0.15) is 0 Å². The first-order chi connectivity index (χ1) is 13.0. The fourth-order valence-electron chi connectivity index (χ4n) is 2.28. The van der Waals surface area contributed by atoms with Gasteiger partial charge < -0.3 is 4.84 Å². The average molecular weight is 447 g/mol. The molecule has 0 aliphatic carbocycles. The summed E-state index contributed by atoms with van der Waals surface area (Å²) in [7, 11) is 2.86. The highest BCUT2D eigenvalue weighted by Crippen LogP contribution is 2.08. The molecule has 28 heavy (non-hydrogen) atoms. The third-order valence-corrected chi connectivity index (χ3v) is 3.89. The number of nitrogens with two attached hydrogens (primary N) is 1. The van der Waals surface area contributed by atoms with Crippen LogP contribution in [0.15, 0.2) is 0 Å². The van der Waals surface area contributed by atoms with Crippen molar-refractivity contribution in [2.75, 3.05) is 14.2 Å². The fourth-order valence-corrected chi connectivity index (χ4v) is 2.41. The van der Waals surface area contributed by atoms with E-state index in [2.05, 4.69) is 34.9 Å². The summed E-state index contributed by atoms with van der Waals surface area (Å²) in [6, 6.07) is 0. The maximum absolute atomic E-state index is 10.9. The number of carbonyl (C=O) groups excluding carboxylic acids is 2. The Bertz CT molecular complexity index is 310. The van der Waals surface area contributed by atoms with Gasteiger partial charge in [0.05, 0.1) is 14.2 Å². The van der Waals surface area contributed by atoms with E-state index < -0.39 is 0 Å². The molecule has 0 spiro atoms. The molecule has 0 heterocycles. The van der Waals surface area contributed by atoms with Gasteiger partial charge in [-0.1, -0.05) is 78.1 Å². The van der Waals surface area contributed by atoms with Crippen LogP contribution in [0.3, 0.4) is 0 Å². The summed E-state index contributed by atoms with van der Waals surface area (Å²) < 4.78 is 0. The Kier molecular flexibility index (Phi) is 42.7. The van der Waals surface area contributed by atoms with Gasteiger partial charge in [-0.15, -0.1) is 12.4 Å². The number of carbonyl (C=O) groups is 2. The van der Waals surface area contributed by atoms with E-state index in [1.807, 2.05) is 0 Å². The van der Waals surface area contributed by atoms with Gasteiger partial charge in [0.2, 0.25) is 11.1 Å². The summed E-state index contributed by atoms with van der Waals surface area (Å²) in [5.41, 5.74) is 2.31. The summed E-state index contributed by atoms with van der Waals surface area (Å²) in [4.78, 5) is 29.4. The maximum Gasteiger partial charge on any atom is 0.243 e. The van der Waals surface area contributed by atoms with E-state index in [1.165, 1.54) is 65.6 Å². The Balaban J connectivity index is -0.000000176. The summed E-state index contributed by atoms with van der Waals surface area (Å²) in [5, 5.41) is -0.194. The number of rotatable bonds is 15. The van der Waals surface area contributed by atoms with Crippen molar-refractivity contribution in [3.8, 4) is 0 Å². The monoisotopic (exact) mass is 446 g/mol. The summed E-state index contributed by atoms with van der Waals surface area (Å²) in [5.74, 6) is 4.33. The van der Waals surface area contributed by atoms with Crippen molar-refractivity contribution in [2.24, 2.45) is 5.90 Å². The fraction of sp³-hybridized carbons (Fsp3) is 0.900. The van der Waals surface area contributed by atoms with Crippen LogP contribution in [0.25, 0.3) is 0 Å². The lowest BCUT2D eigenvalue weighted by Gasteiger charge is -2.01. The average Bonchev–Trinajstić information content (AvgIpc) is 2.62. The van der Waals surface area contributed by atoms with E-state index in [1.54, 1.807) is 0 Å². The zero-order valence-corrected chi connectivity index (χ0v) is 20.0. The van der Waals surface area contributed by atoms with E-state index in [4.69, 9.17) is 11.6 Å². The molecular formula is C20H44Cl2N2O4. The Hall–Kier alpha value is -0.400. The lowest BCUT2D eigenvalue weighted by Crippen LogP contribution is -2.21. The lowest BCUT2D eigenvalue weighted by atomic mass is 10.1. The molecule has 3 N–H and O–H groups in total.